The van der Waals surface area contributed by atoms with Gasteiger partial charge in [0.05, 0.1) is 0 Å². The lowest BCUT2D eigenvalue weighted by atomic mass is 11.5. The first kappa shape index (κ1) is 16.0. The van der Waals surface area contributed by atoms with Crippen molar-refractivity contribution in [3.8, 4) is 0 Å². The van der Waals surface area contributed by atoms with Gasteiger partial charge in [0.2, 0.25) is 0 Å². The average Bonchev–Trinajstić information content (AvgIpc) is 0.811. The van der Waals surface area contributed by atoms with Crippen molar-refractivity contribution in [3.05, 3.63) is 0 Å². The van der Waals surface area contributed by atoms with Crippen LogP contribution in [-0.4, -0.2) is 5.24 Å². The summed E-state index contributed by atoms with van der Waals surface area (Å²) in [6, 6.07) is 0. The zero-order valence-corrected chi connectivity index (χ0v) is 5.83. The van der Waals surface area contributed by atoms with Crippen molar-refractivity contribution in [3.63, 3.8) is 0 Å². The fraction of sp³-hybridized carbons (Fsp3) is 0. The molecule has 0 aromatic rings. The average molecular weight is 145 g/mol. The molecule has 0 aliphatic rings. The number of nitrogens with two attached hydrogens (primary N) is 1. The topological polar surface area (TPSA) is 43.1 Å². The minimum Gasteiger partial charge on any atom is -0.361 e. The normalized spacial score (nSPS) is 4.17. The Morgan fingerprint density at radius 3 is 1.50 bits per heavy atom. The first-order chi connectivity index (χ1) is 1.73. The zero-order chi connectivity index (χ0) is 3.58. The third kappa shape index (κ3) is 207. The standard InChI is InChI=1S/CH3NOS.2H2S/c2-1(3)4;;/h(H3,2,3,4);2*1H2. The molecule has 0 bridgehead atoms. The van der Waals surface area contributed by atoms with Crippen molar-refractivity contribution in [2.45, 2.75) is 0 Å². The van der Waals surface area contributed by atoms with Crippen LogP contribution in [0, 0.1) is 0 Å². The molecule has 0 aliphatic heterocycles. The first-order valence-electron chi connectivity index (χ1n) is 0.716. The molecule has 0 radical (unpaired) electrons. The van der Waals surface area contributed by atoms with Crippen molar-refractivity contribution in [1.82, 2.24) is 0 Å². The third-order valence-corrected chi connectivity index (χ3v) is 0. The molecule has 0 fully saturated rings. The fourth-order valence-corrected chi connectivity index (χ4v) is 0. The van der Waals surface area contributed by atoms with Crippen LogP contribution in [0.25, 0.3) is 0 Å². The SMILES string of the molecule is NC(=O)S.S.S. The van der Waals surface area contributed by atoms with Crippen molar-refractivity contribution < 1.29 is 4.79 Å². The molecule has 0 atom stereocenters. The van der Waals surface area contributed by atoms with Gasteiger partial charge >= 0.3 is 0 Å². The lowest BCUT2D eigenvalue weighted by molar-refractivity contribution is 0.267. The minimum absolute atomic E-state index is 0. The quantitative estimate of drug-likeness (QED) is 0.471. The molecule has 40 valence electrons. The Hall–Kier alpha value is 0.520. The molecule has 1 amide bonds. The van der Waals surface area contributed by atoms with Crippen molar-refractivity contribution in [2.24, 2.45) is 5.73 Å². The van der Waals surface area contributed by atoms with Crippen LogP contribution in [0.3, 0.4) is 0 Å². The maximum Gasteiger partial charge on any atom is 0.273 e. The van der Waals surface area contributed by atoms with Gasteiger partial charge in [0.25, 0.3) is 5.24 Å². The highest BCUT2D eigenvalue weighted by Crippen LogP contribution is 1.60. The summed E-state index contributed by atoms with van der Waals surface area (Å²) in [5.41, 5.74) is 4.34. The van der Waals surface area contributed by atoms with Gasteiger partial charge in [-0.2, -0.15) is 27.0 Å². The van der Waals surface area contributed by atoms with Crippen molar-refractivity contribution in [1.29, 1.82) is 0 Å². The number of hydrogen-bond donors (Lipinski definition) is 2. The Labute approximate surface area is 55.8 Å². The van der Waals surface area contributed by atoms with E-state index >= 15 is 0 Å². The van der Waals surface area contributed by atoms with Crippen LogP contribution >= 0.6 is 39.6 Å². The molecule has 0 saturated carbocycles. The van der Waals surface area contributed by atoms with Gasteiger partial charge in [0, 0.05) is 0 Å². The minimum atomic E-state index is -0.639. The fourth-order valence-electron chi connectivity index (χ4n) is 0. The number of carbonyl (C=O) groups is 1. The van der Waals surface area contributed by atoms with Crippen LogP contribution in [0.15, 0.2) is 0 Å². The highest BCUT2D eigenvalue weighted by atomic mass is 32.1. The van der Waals surface area contributed by atoms with Gasteiger partial charge in [0.15, 0.2) is 0 Å². The van der Waals surface area contributed by atoms with E-state index in [0.29, 0.717) is 0 Å². The number of thiol groups is 1. The number of rotatable bonds is 0. The number of hydrogen-bond acceptors (Lipinski definition) is 1. The van der Waals surface area contributed by atoms with E-state index in [-0.39, 0.29) is 27.0 Å². The second kappa shape index (κ2) is 9.10. The molecule has 0 heterocycles. The number of amides is 1. The molecule has 2 N–H and O–H groups in total. The van der Waals surface area contributed by atoms with Crippen molar-refractivity contribution in [2.75, 3.05) is 0 Å². The van der Waals surface area contributed by atoms with E-state index < -0.39 is 5.24 Å². The lowest BCUT2D eigenvalue weighted by Gasteiger charge is -1.58. The van der Waals surface area contributed by atoms with E-state index in [1.807, 2.05) is 0 Å². The summed E-state index contributed by atoms with van der Waals surface area (Å²) in [5.74, 6) is 0. The molecule has 0 spiro atoms. The molecule has 0 saturated heterocycles. The predicted octanol–water partition coefficient (Wildman–Crippen LogP) is 0.221. The van der Waals surface area contributed by atoms with E-state index in [0.717, 1.165) is 0 Å². The van der Waals surface area contributed by atoms with Crippen LogP contribution in [0.5, 0.6) is 0 Å². The number of carbonyl (C=O) groups excluding carboxylic acids is 1. The smallest absolute Gasteiger partial charge is 0.273 e. The van der Waals surface area contributed by atoms with E-state index in [2.05, 4.69) is 18.4 Å². The highest BCUT2D eigenvalue weighted by molar-refractivity contribution is 7.96. The molecule has 0 rings (SSSR count). The Morgan fingerprint density at radius 2 is 1.50 bits per heavy atom. The molecular weight excluding hydrogens is 138 g/mol. The van der Waals surface area contributed by atoms with Gasteiger partial charge in [-0.15, -0.1) is 0 Å². The molecule has 0 aromatic heterocycles. The van der Waals surface area contributed by atoms with Gasteiger partial charge in [-0.25, -0.2) is 0 Å². The van der Waals surface area contributed by atoms with E-state index in [1.165, 1.54) is 0 Å². The van der Waals surface area contributed by atoms with E-state index in [4.69, 9.17) is 4.79 Å². The van der Waals surface area contributed by atoms with Crippen LogP contribution in [0.4, 0.5) is 4.79 Å². The second-order valence-corrected chi connectivity index (χ2v) is 0.779. The summed E-state index contributed by atoms with van der Waals surface area (Å²) in [6.45, 7) is 0. The van der Waals surface area contributed by atoms with Crippen molar-refractivity contribution >= 4 is 44.9 Å². The molecule has 0 aliphatic carbocycles. The Morgan fingerprint density at radius 1 is 1.50 bits per heavy atom. The summed E-state index contributed by atoms with van der Waals surface area (Å²) in [7, 11) is 0. The van der Waals surface area contributed by atoms with Gasteiger partial charge < -0.3 is 5.73 Å². The molecule has 0 aromatic carbocycles. The van der Waals surface area contributed by atoms with E-state index in [9.17, 15) is 0 Å². The maximum atomic E-state index is 9.09. The molecular formula is CH7NOS3. The lowest BCUT2D eigenvalue weighted by Crippen LogP contribution is -1.95. The second-order valence-electron chi connectivity index (χ2n) is 0.338. The Balaban J connectivity index is -0.0000000450. The monoisotopic (exact) mass is 145 g/mol. The highest BCUT2D eigenvalue weighted by Gasteiger charge is 1.63. The van der Waals surface area contributed by atoms with Crippen LogP contribution < -0.4 is 5.73 Å². The third-order valence-electron chi connectivity index (χ3n) is 0. The molecule has 0 unspecified atom stereocenters. The molecule has 2 nitrogen and oxygen atoms in total. The van der Waals surface area contributed by atoms with Gasteiger partial charge in [-0.3, -0.25) is 4.79 Å². The summed E-state index contributed by atoms with van der Waals surface area (Å²) < 4.78 is 0. The van der Waals surface area contributed by atoms with Crippen LogP contribution in [0.2, 0.25) is 0 Å². The maximum absolute atomic E-state index is 9.09. The summed E-state index contributed by atoms with van der Waals surface area (Å²) in [6.07, 6.45) is 0. The largest absolute Gasteiger partial charge is 0.361 e. The Kier molecular flexibility index (Phi) is 24.3. The first-order valence-corrected chi connectivity index (χ1v) is 1.16. The summed E-state index contributed by atoms with van der Waals surface area (Å²) in [5, 5.41) is -0.639. The summed E-state index contributed by atoms with van der Waals surface area (Å²) in [4.78, 5) is 9.09. The Bertz CT molecular complexity index is 33.8. The number of primary amides is 1. The van der Waals surface area contributed by atoms with E-state index in [1.54, 1.807) is 0 Å². The van der Waals surface area contributed by atoms with Gasteiger partial charge in [0.1, 0.15) is 0 Å². The van der Waals surface area contributed by atoms with Gasteiger partial charge in [-0.05, 0) is 0 Å². The predicted molar refractivity (Wildman–Crippen MR) is 39.3 cm³/mol. The van der Waals surface area contributed by atoms with Gasteiger partial charge in [-0.1, -0.05) is 12.6 Å². The van der Waals surface area contributed by atoms with Crippen LogP contribution in [-0.2, 0) is 0 Å². The van der Waals surface area contributed by atoms with Crippen LogP contribution in [0.1, 0.15) is 0 Å². The summed E-state index contributed by atoms with van der Waals surface area (Å²) >= 11 is 3.10. The molecule has 6 heavy (non-hydrogen) atoms. The zero-order valence-electron chi connectivity index (χ0n) is 2.93. The molecule has 5 heteroatoms.